The van der Waals surface area contributed by atoms with Crippen LogP contribution in [0.5, 0.6) is 0 Å². The predicted octanol–water partition coefficient (Wildman–Crippen LogP) is 6.61. The number of halogens is 2. The van der Waals surface area contributed by atoms with E-state index in [0.29, 0.717) is 18.5 Å². The Morgan fingerprint density at radius 2 is 1.40 bits per heavy atom. The molecule has 0 bridgehead atoms. The van der Waals surface area contributed by atoms with E-state index in [2.05, 4.69) is 50.1 Å². The molecule has 2 aliphatic carbocycles. The Labute approximate surface area is 254 Å². The SMILES string of the molecule is CCOC(=O)C1=CC=S(C2=CC=CC(O)C2Cc2ccc(Br)cc2)N1C1=CC=CC(O)C1Cc1ccc(Br)cc1. The van der Waals surface area contributed by atoms with Gasteiger partial charge in [0.2, 0.25) is 0 Å². The van der Waals surface area contributed by atoms with Crippen LogP contribution in [0, 0.1) is 11.8 Å². The number of nitrogens with zero attached hydrogens (tertiary/aromatic N) is 1. The van der Waals surface area contributed by atoms with Crippen molar-refractivity contribution in [2.24, 2.45) is 11.8 Å². The molecule has 2 aromatic carbocycles. The van der Waals surface area contributed by atoms with Crippen LogP contribution in [0.3, 0.4) is 0 Å². The smallest absolute Gasteiger partial charge is 0.355 e. The molecule has 0 spiro atoms. The van der Waals surface area contributed by atoms with E-state index >= 15 is 0 Å². The van der Waals surface area contributed by atoms with Gasteiger partial charge in [0.25, 0.3) is 0 Å². The lowest BCUT2D eigenvalue weighted by atomic mass is 9.87. The number of benzene rings is 2. The molecule has 40 heavy (non-hydrogen) atoms. The summed E-state index contributed by atoms with van der Waals surface area (Å²) in [6, 6.07) is 16.2. The molecule has 0 fully saturated rings. The van der Waals surface area contributed by atoms with Crippen molar-refractivity contribution < 1.29 is 19.7 Å². The number of ether oxygens (including phenoxy) is 1. The highest BCUT2D eigenvalue weighted by atomic mass is 79.9. The van der Waals surface area contributed by atoms with Crippen LogP contribution in [0.15, 0.2) is 116 Å². The zero-order chi connectivity index (χ0) is 28.2. The van der Waals surface area contributed by atoms with Crippen LogP contribution in [0.1, 0.15) is 18.1 Å². The molecule has 0 saturated carbocycles. The van der Waals surface area contributed by atoms with Crippen LogP contribution in [-0.2, 0) is 22.4 Å². The molecule has 208 valence electrons. The van der Waals surface area contributed by atoms with Crippen molar-refractivity contribution in [1.29, 1.82) is 0 Å². The summed E-state index contributed by atoms with van der Waals surface area (Å²) in [6.45, 7) is 2.06. The van der Waals surface area contributed by atoms with Gasteiger partial charge in [0.05, 0.1) is 18.8 Å². The van der Waals surface area contributed by atoms with E-state index in [9.17, 15) is 15.0 Å². The van der Waals surface area contributed by atoms with Crippen molar-refractivity contribution in [3.05, 3.63) is 127 Å². The number of aliphatic hydroxyl groups excluding tert-OH is 2. The predicted molar refractivity (Wildman–Crippen MR) is 169 cm³/mol. The maximum Gasteiger partial charge on any atom is 0.355 e. The fourth-order valence-corrected chi connectivity index (χ4v) is 7.98. The van der Waals surface area contributed by atoms with Gasteiger partial charge in [-0.3, -0.25) is 4.31 Å². The number of aliphatic hydroxyl groups is 2. The average molecular weight is 685 g/mol. The summed E-state index contributed by atoms with van der Waals surface area (Å²) < 4.78 is 9.49. The van der Waals surface area contributed by atoms with Gasteiger partial charge in [-0.15, -0.1) is 0 Å². The number of carbonyl (C=O) groups is 1. The topological polar surface area (TPSA) is 70.0 Å². The summed E-state index contributed by atoms with van der Waals surface area (Å²) in [5, 5.41) is 24.3. The van der Waals surface area contributed by atoms with E-state index in [4.69, 9.17) is 4.74 Å². The molecule has 0 saturated heterocycles. The molecule has 3 aliphatic rings. The maximum atomic E-state index is 13.2. The molecular weight excluding hydrogens is 654 g/mol. The summed E-state index contributed by atoms with van der Waals surface area (Å²) in [7, 11) is -0.695. The first kappa shape index (κ1) is 29.0. The first-order chi connectivity index (χ1) is 19.4. The van der Waals surface area contributed by atoms with Crippen molar-refractivity contribution in [1.82, 2.24) is 4.31 Å². The number of allylic oxidation sites excluding steroid dienone is 5. The summed E-state index contributed by atoms with van der Waals surface area (Å²) in [5.41, 5.74) is 3.49. The molecule has 2 aromatic rings. The number of rotatable bonds is 8. The van der Waals surface area contributed by atoms with Crippen molar-refractivity contribution in [3.63, 3.8) is 0 Å². The van der Waals surface area contributed by atoms with Gasteiger partial charge >= 0.3 is 5.97 Å². The lowest BCUT2D eigenvalue weighted by molar-refractivity contribution is -0.139. The highest BCUT2D eigenvalue weighted by Gasteiger charge is 2.38. The lowest BCUT2D eigenvalue weighted by Gasteiger charge is -2.38. The minimum absolute atomic E-state index is 0.183. The van der Waals surface area contributed by atoms with E-state index in [0.717, 1.165) is 30.7 Å². The van der Waals surface area contributed by atoms with E-state index < -0.39 is 28.8 Å². The van der Waals surface area contributed by atoms with Crippen LogP contribution < -0.4 is 0 Å². The molecule has 0 aromatic heterocycles. The van der Waals surface area contributed by atoms with Crippen molar-refractivity contribution in [2.75, 3.05) is 6.61 Å². The summed E-state index contributed by atoms with van der Waals surface area (Å²) in [5.74, 6) is -0.865. The lowest BCUT2D eigenvalue weighted by Crippen LogP contribution is -2.35. The van der Waals surface area contributed by atoms with E-state index in [-0.39, 0.29) is 18.4 Å². The summed E-state index contributed by atoms with van der Waals surface area (Å²) >= 11 is 7.00. The minimum atomic E-state index is -0.720. The second-order valence-electron chi connectivity index (χ2n) is 9.80. The van der Waals surface area contributed by atoms with Crippen LogP contribution in [0.4, 0.5) is 0 Å². The van der Waals surface area contributed by atoms with Gasteiger partial charge in [0.1, 0.15) is 5.70 Å². The van der Waals surface area contributed by atoms with Gasteiger partial charge < -0.3 is 14.9 Å². The maximum absolute atomic E-state index is 13.2. The first-order valence-corrected chi connectivity index (χ1v) is 16.1. The van der Waals surface area contributed by atoms with Gasteiger partial charge in [-0.1, -0.05) is 97.2 Å². The highest BCUT2D eigenvalue weighted by Crippen LogP contribution is 2.49. The Morgan fingerprint density at radius 3 is 2.00 bits per heavy atom. The van der Waals surface area contributed by atoms with Gasteiger partial charge in [-0.05, 0) is 72.7 Å². The Balaban J connectivity index is 1.52. The van der Waals surface area contributed by atoms with E-state index in [1.54, 1.807) is 13.0 Å². The molecule has 2 N–H and O–H groups in total. The van der Waals surface area contributed by atoms with Gasteiger partial charge in [0.15, 0.2) is 0 Å². The summed E-state index contributed by atoms with van der Waals surface area (Å²) in [6.07, 6.45) is 13.1. The molecule has 8 heteroatoms. The van der Waals surface area contributed by atoms with Crippen LogP contribution >= 0.6 is 42.5 Å². The van der Waals surface area contributed by atoms with E-state index in [1.165, 1.54) is 0 Å². The molecule has 1 heterocycles. The molecule has 5 atom stereocenters. The first-order valence-electron chi connectivity index (χ1n) is 13.2. The fourth-order valence-electron chi connectivity index (χ4n) is 5.19. The van der Waals surface area contributed by atoms with Crippen molar-refractivity contribution in [2.45, 2.75) is 32.0 Å². The second kappa shape index (κ2) is 13.0. The largest absolute Gasteiger partial charge is 0.461 e. The van der Waals surface area contributed by atoms with Crippen molar-refractivity contribution >= 4 is 53.9 Å². The Kier molecular flexibility index (Phi) is 9.43. The minimum Gasteiger partial charge on any atom is -0.461 e. The number of hydrogen-bond acceptors (Lipinski definition) is 5. The molecular formula is C32H31Br2NO4S. The normalized spacial score (nSPS) is 25.7. The molecule has 0 radical (unpaired) electrons. The standard InChI is InChI=1S/C32H31Br2NO4S/c1-2-39-32(38)28-17-18-40(31-8-4-7-30(37)26(31)20-22-11-15-24(34)16-12-22)35(28)27-5-3-6-29(36)25(27)19-21-9-13-23(33)14-10-21/h3-18,25-26,29-30,36-37H,2,19-20H2,1H3. The number of hydrogen-bond donors (Lipinski definition) is 2. The van der Waals surface area contributed by atoms with Gasteiger partial charge in [-0.25, -0.2) is 4.79 Å². The van der Waals surface area contributed by atoms with E-state index in [1.807, 2.05) is 76.5 Å². The molecule has 5 nitrogen and oxygen atoms in total. The van der Waals surface area contributed by atoms with Crippen LogP contribution in [0.2, 0.25) is 0 Å². The molecule has 1 aliphatic heterocycles. The third-order valence-corrected chi connectivity index (χ3v) is 10.4. The zero-order valence-electron chi connectivity index (χ0n) is 22.0. The Morgan fingerprint density at radius 1 is 0.850 bits per heavy atom. The summed E-state index contributed by atoms with van der Waals surface area (Å²) in [4.78, 5) is 14.3. The van der Waals surface area contributed by atoms with Gasteiger partial charge in [-0.2, -0.15) is 0 Å². The highest BCUT2D eigenvalue weighted by molar-refractivity contribution is 9.10. The Bertz CT molecular complexity index is 1440. The average Bonchev–Trinajstić information content (AvgIpc) is 3.38. The van der Waals surface area contributed by atoms with Crippen molar-refractivity contribution in [3.8, 4) is 0 Å². The fraction of sp³-hybridized carbons (Fsp3) is 0.250. The molecule has 5 rings (SSSR count). The third-order valence-electron chi connectivity index (χ3n) is 7.18. The molecule has 5 unspecified atom stereocenters. The Hall–Kier alpha value is -2.49. The number of esters is 1. The zero-order valence-corrected chi connectivity index (χ0v) is 26.0. The second-order valence-corrected chi connectivity index (χ2v) is 13.4. The third kappa shape index (κ3) is 6.37. The van der Waals surface area contributed by atoms with Gasteiger partial charge in [0, 0.05) is 31.4 Å². The quantitative estimate of drug-likeness (QED) is 0.242. The monoisotopic (exact) mass is 683 g/mol. The molecule has 0 amide bonds. The van der Waals surface area contributed by atoms with Crippen LogP contribution in [0.25, 0.3) is 0 Å². The van der Waals surface area contributed by atoms with Crippen LogP contribution in [-0.4, -0.2) is 44.7 Å². The number of carbonyl (C=O) groups excluding carboxylic acids is 1.